The molecule has 6 heteroatoms. The summed E-state index contributed by atoms with van der Waals surface area (Å²) in [4.78, 5) is 11.7. The van der Waals surface area contributed by atoms with Gasteiger partial charge in [0.1, 0.15) is 0 Å². The molecule has 0 aliphatic rings. The lowest BCUT2D eigenvalue weighted by molar-refractivity contribution is -0.119. The molecule has 0 atom stereocenters. The van der Waals surface area contributed by atoms with E-state index in [0.29, 0.717) is 17.7 Å². The van der Waals surface area contributed by atoms with Gasteiger partial charge in [-0.15, -0.1) is 6.58 Å². The maximum atomic E-state index is 12.3. The summed E-state index contributed by atoms with van der Waals surface area (Å²) in [6.45, 7) is 8.88. The van der Waals surface area contributed by atoms with Gasteiger partial charge in [0.15, 0.2) is 0 Å². The number of rotatable bonds is 6. The van der Waals surface area contributed by atoms with Crippen LogP contribution in [0.25, 0.3) is 0 Å². The highest BCUT2D eigenvalue weighted by molar-refractivity contribution is 7.89. The van der Waals surface area contributed by atoms with Crippen molar-refractivity contribution in [3.63, 3.8) is 0 Å². The summed E-state index contributed by atoms with van der Waals surface area (Å²) in [5.74, 6) is -0.393. The molecular weight excluding hydrogens is 276 g/mol. The van der Waals surface area contributed by atoms with E-state index >= 15 is 0 Å². The Balaban J connectivity index is 2.90. The number of carbonyl (C=O) groups excluding carboxylic acids is 1. The van der Waals surface area contributed by atoms with Crippen molar-refractivity contribution in [2.24, 2.45) is 0 Å². The average Bonchev–Trinajstić information content (AvgIpc) is 2.32. The standard InChI is InChI=1S/C14H20N2O3S/c1-5-6-15-13(17)9-16-20(18,19)14-11(3)7-10(2)8-12(14)4/h5,7-8,16H,1,6,9H2,2-4H3,(H,15,17). The topological polar surface area (TPSA) is 75.3 Å². The van der Waals surface area contributed by atoms with Crippen molar-refractivity contribution in [1.82, 2.24) is 10.0 Å². The summed E-state index contributed by atoms with van der Waals surface area (Å²) in [7, 11) is -3.70. The smallest absolute Gasteiger partial charge is 0.241 e. The second-order valence-electron chi connectivity index (χ2n) is 4.65. The van der Waals surface area contributed by atoms with Crippen LogP contribution in [0.4, 0.5) is 0 Å². The fourth-order valence-corrected chi connectivity index (χ4v) is 3.50. The van der Waals surface area contributed by atoms with Gasteiger partial charge in [-0.05, 0) is 31.9 Å². The summed E-state index contributed by atoms with van der Waals surface area (Å²) in [5, 5.41) is 2.51. The molecule has 0 aliphatic heterocycles. The molecule has 1 aromatic rings. The van der Waals surface area contributed by atoms with Gasteiger partial charge in [0.2, 0.25) is 15.9 Å². The van der Waals surface area contributed by atoms with Gasteiger partial charge < -0.3 is 5.32 Å². The Kier molecular flexibility index (Phi) is 5.47. The van der Waals surface area contributed by atoms with Gasteiger partial charge in [-0.25, -0.2) is 13.1 Å². The monoisotopic (exact) mass is 296 g/mol. The molecule has 0 aliphatic carbocycles. The SMILES string of the molecule is C=CCNC(=O)CNS(=O)(=O)c1c(C)cc(C)cc1C. The Bertz CT molecular complexity index is 598. The van der Waals surface area contributed by atoms with Gasteiger partial charge in [-0.2, -0.15) is 0 Å². The van der Waals surface area contributed by atoms with E-state index in [4.69, 9.17) is 0 Å². The summed E-state index contributed by atoms with van der Waals surface area (Å²) in [6.07, 6.45) is 1.53. The van der Waals surface area contributed by atoms with Crippen LogP contribution in [0.5, 0.6) is 0 Å². The van der Waals surface area contributed by atoms with Crippen molar-refractivity contribution in [1.29, 1.82) is 0 Å². The minimum Gasteiger partial charge on any atom is -0.352 e. The molecule has 1 aromatic carbocycles. The van der Waals surface area contributed by atoms with Crippen LogP contribution in [-0.4, -0.2) is 27.4 Å². The molecule has 1 amide bonds. The molecule has 0 saturated heterocycles. The number of sulfonamides is 1. The highest BCUT2D eigenvalue weighted by Crippen LogP contribution is 2.21. The Morgan fingerprint density at radius 1 is 1.25 bits per heavy atom. The maximum Gasteiger partial charge on any atom is 0.241 e. The van der Waals surface area contributed by atoms with Crippen molar-refractivity contribution in [2.75, 3.05) is 13.1 Å². The van der Waals surface area contributed by atoms with E-state index < -0.39 is 15.9 Å². The number of carbonyl (C=O) groups is 1. The van der Waals surface area contributed by atoms with Crippen LogP contribution < -0.4 is 10.0 Å². The lowest BCUT2D eigenvalue weighted by Gasteiger charge is -2.13. The van der Waals surface area contributed by atoms with Crippen molar-refractivity contribution >= 4 is 15.9 Å². The summed E-state index contributed by atoms with van der Waals surface area (Å²) in [5.41, 5.74) is 2.34. The minimum absolute atomic E-state index is 0.236. The van der Waals surface area contributed by atoms with Gasteiger partial charge in [-0.1, -0.05) is 23.8 Å². The molecular formula is C14H20N2O3S. The second-order valence-corrected chi connectivity index (χ2v) is 6.35. The molecule has 0 unspecified atom stereocenters. The third-order valence-corrected chi connectivity index (χ3v) is 4.45. The first kappa shape index (κ1) is 16.4. The molecule has 20 heavy (non-hydrogen) atoms. The van der Waals surface area contributed by atoms with Gasteiger partial charge in [0.05, 0.1) is 11.4 Å². The van der Waals surface area contributed by atoms with E-state index in [1.165, 1.54) is 6.08 Å². The number of hydrogen-bond acceptors (Lipinski definition) is 3. The highest BCUT2D eigenvalue weighted by atomic mass is 32.2. The van der Waals surface area contributed by atoms with E-state index in [0.717, 1.165) is 5.56 Å². The van der Waals surface area contributed by atoms with Crippen LogP contribution in [0, 0.1) is 20.8 Å². The molecule has 110 valence electrons. The number of hydrogen-bond donors (Lipinski definition) is 2. The zero-order valence-electron chi connectivity index (χ0n) is 12.0. The first-order valence-corrected chi connectivity index (χ1v) is 7.71. The van der Waals surface area contributed by atoms with Crippen LogP contribution in [0.2, 0.25) is 0 Å². The van der Waals surface area contributed by atoms with E-state index in [1.807, 2.05) is 6.92 Å². The third kappa shape index (κ3) is 4.18. The van der Waals surface area contributed by atoms with Crippen molar-refractivity contribution in [3.05, 3.63) is 41.5 Å². The third-order valence-electron chi connectivity index (χ3n) is 2.74. The quantitative estimate of drug-likeness (QED) is 0.774. The van der Waals surface area contributed by atoms with Gasteiger partial charge >= 0.3 is 0 Å². The first-order chi connectivity index (χ1) is 9.27. The molecule has 2 N–H and O–H groups in total. The molecule has 0 bridgehead atoms. The van der Waals surface area contributed by atoms with Crippen LogP contribution in [-0.2, 0) is 14.8 Å². The van der Waals surface area contributed by atoms with E-state index in [1.54, 1.807) is 26.0 Å². The second kappa shape index (κ2) is 6.67. The van der Waals surface area contributed by atoms with Gasteiger partial charge in [0.25, 0.3) is 0 Å². The van der Waals surface area contributed by atoms with E-state index in [2.05, 4.69) is 16.6 Å². The summed E-state index contributed by atoms with van der Waals surface area (Å²) < 4.78 is 26.8. The molecule has 0 radical (unpaired) electrons. The fraction of sp³-hybridized carbons (Fsp3) is 0.357. The number of nitrogens with one attached hydrogen (secondary N) is 2. The van der Waals surface area contributed by atoms with Gasteiger partial charge in [0, 0.05) is 6.54 Å². The normalized spacial score (nSPS) is 11.2. The molecule has 0 aromatic heterocycles. The summed E-state index contributed by atoms with van der Waals surface area (Å²) >= 11 is 0. The molecule has 0 spiro atoms. The molecule has 5 nitrogen and oxygen atoms in total. The lowest BCUT2D eigenvalue weighted by atomic mass is 10.1. The van der Waals surface area contributed by atoms with Gasteiger partial charge in [-0.3, -0.25) is 4.79 Å². The zero-order valence-corrected chi connectivity index (χ0v) is 12.8. The maximum absolute atomic E-state index is 12.3. The van der Waals surface area contributed by atoms with Crippen molar-refractivity contribution in [3.8, 4) is 0 Å². The molecule has 0 saturated carbocycles. The number of aryl methyl sites for hydroxylation is 3. The Hall–Kier alpha value is -1.66. The van der Waals surface area contributed by atoms with Crippen LogP contribution in [0.15, 0.2) is 29.7 Å². The van der Waals surface area contributed by atoms with E-state index in [-0.39, 0.29) is 11.4 Å². The molecule has 0 heterocycles. The van der Waals surface area contributed by atoms with Crippen molar-refractivity contribution < 1.29 is 13.2 Å². The zero-order chi connectivity index (χ0) is 15.3. The fourth-order valence-electron chi connectivity index (χ4n) is 2.07. The lowest BCUT2D eigenvalue weighted by Crippen LogP contribution is -2.37. The Morgan fingerprint density at radius 2 is 1.80 bits per heavy atom. The van der Waals surface area contributed by atoms with Crippen LogP contribution in [0.1, 0.15) is 16.7 Å². The van der Waals surface area contributed by atoms with E-state index in [9.17, 15) is 13.2 Å². The van der Waals surface area contributed by atoms with Crippen molar-refractivity contribution in [2.45, 2.75) is 25.7 Å². The largest absolute Gasteiger partial charge is 0.352 e. The average molecular weight is 296 g/mol. The predicted octanol–water partition coefficient (Wildman–Crippen LogP) is 1.19. The Morgan fingerprint density at radius 3 is 2.30 bits per heavy atom. The van der Waals surface area contributed by atoms with Crippen LogP contribution in [0.3, 0.4) is 0 Å². The number of benzene rings is 1. The predicted molar refractivity (Wildman–Crippen MR) is 79.0 cm³/mol. The first-order valence-electron chi connectivity index (χ1n) is 6.23. The Labute approximate surface area is 120 Å². The van der Waals surface area contributed by atoms with Crippen LogP contribution >= 0.6 is 0 Å². The molecule has 1 rings (SSSR count). The highest BCUT2D eigenvalue weighted by Gasteiger charge is 2.20. The molecule has 0 fully saturated rings. The minimum atomic E-state index is -3.70. The summed E-state index contributed by atoms with van der Waals surface area (Å²) in [6, 6.07) is 3.61. The number of amides is 1.